The Balaban J connectivity index is 2.27. The predicted molar refractivity (Wildman–Crippen MR) is 94.1 cm³/mol. The summed E-state index contributed by atoms with van der Waals surface area (Å²) in [4.78, 5) is 4.90. The van der Waals surface area contributed by atoms with E-state index in [0.717, 1.165) is 22.6 Å². The van der Waals surface area contributed by atoms with Crippen LogP contribution in [0.15, 0.2) is 42.5 Å². The van der Waals surface area contributed by atoms with Crippen molar-refractivity contribution < 1.29 is 0 Å². The third kappa shape index (κ3) is 2.47. The second kappa shape index (κ2) is 5.48. The number of anilines is 1. The average Bonchev–Trinajstić information content (AvgIpc) is 2.85. The topological polar surface area (TPSA) is 43.8 Å². The molecule has 2 aromatic carbocycles. The van der Waals surface area contributed by atoms with Crippen molar-refractivity contribution in [2.75, 3.05) is 5.73 Å². The molecule has 1 aromatic heterocycles. The van der Waals surface area contributed by atoms with Crippen LogP contribution in [0.3, 0.4) is 0 Å². The van der Waals surface area contributed by atoms with E-state index in [1.807, 2.05) is 18.2 Å². The molecule has 0 fully saturated rings. The first-order chi connectivity index (χ1) is 10.5. The van der Waals surface area contributed by atoms with E-state index in [1.165, 1.54) is 11.1 Å². The van der Waals surface area contributed by atoms with Crippen LogP contribution in [0.5, 0.6) is 0 Å². The van der Waals surface area contributed by atoms with E-state index in [0.29, 0.717) is 12.0 Å². The van der Waals surface area contributed by atoms with Crippen LogP contribution in [0.25, 0.3) is 22.4 Å². The van der Waals surface area contributed by atoms with Crippen LogP contribution in [0.2, 0.25) is 0 Å². The van der Waals surface area contributed by atoms with Crippen molar-refractivity contribution >= 4 is 16.7 Å². The monoisotopic (exact) mass is 293 g/mol. The molecule has 0 radical (unpaired) electrons. The third-order valence-corrected chi connectivity index (χ3v) is 4.04. The van der Waals surface area contributed by atoms with Gasteiger partial charge in [-0.15, -0.1) is 0 Å². The van der Waals surface area contributed by atoms with E-state index < -0.39 is 0 Å². The van der Waals surface area contributed by atoms with Gasteiger partial charge < -0.3 is 10.3 Å². The quantitative estimate of drug-likeness (QED) is 0.691. The molecule has 0 atom stereocenters. The van der Waals surface area contributed by atoms with Crippen molar-refractivity contribution in [2.45, 2.75) is 39.7 Å². The minimum absolute atomic E-state index is 0.339. The Kier molecular flexibility index (Phi) is 3.65. The fraction of sp³-hybridized carbons (Fsp3) is 0.316. The Morgan fingerprint density at radius 1 is 1.00 bits per heavy atom. The zero-order valence-corrected chi connectivity index (χ0v) is 13.7. The molecule has 114 valence electrons. The van der Waals surface area contributed by atoms with Gasteiger partial charge in [0.15, 0.2) is 0 Å². The molecule has 3 nitrogen and oxygen atoms in total. The summed E-state index contributed by atoms with van der Waals surface area (Å²) in [5.41, 5.74) is 11.3. The second-order valence-corrected chi connectivity index (χ2v) is 6.43. The van der Waals surface area contributed by atoms with Crippen molar-refractivity contribution in [1.82, 2.24) is 9.55 Å². The number of fused-ring (bicyclic) bond motifs is 1. The average molecular weight is 293 g/mol. The number of hydrogen-bond donors (Lipinski definition) is 1. The molecule has 3 heteroatoms. The Bertz CT molecular complexity index is 813. The normalized spacial score (nSPS) is 11.7. The molecule has 0 saturated carbocycles. The molecule has 0 aliphatic heterocycles. The molecule has 3 aromatic rings. The minimum Gasteiger partial charge on any atom is -0.399 e. The van der Waals surface area contributed by atoms with Crippen LogP contribution < -0.4 is 5.73 Å². The molecular weight excluding hydrogens is 270 g/mol. The highest BCUT2D eigenvalue weighted by Gasteiger charge is 2.15. The van der Waals surface area contributed by atoms with Gasteiger partial charge in [0.05, 0.1) is 11.0 Å². The summed E-state index contributed by atoms with van der Waals surface area (Å²) in [5, 5.41) is 0. The summed E-state index contributed by atoms with van der Waals surface area (Å²) >= 11 is 0. The van der Waals surface area contributed by atoms with Gasteiger partial charge in [0.25, 0.3) is 0 Å². The van der Waals surface area contributed by atoms with Crippen molar-refractivity contribution in [3.8, 4) is 11.4 Å². The maximum absolute atomic E-state index is 5.94. The van der Waals surface area contributed by atoms with Crippen molar-refractivity contribution in [2.24, 2.45) is 0 Å². The van der Waals surface area contributed by atoms with Gasteiger partial charge in [-0.1, -0.05) is 32.0 Å². The van der Waals surface area contributed by atoms with E-state index >= 15 is 0 Å². The van der Waals surface area contributed by atoms with Gasteiger partial charge in [0.2, 0.25) is 0 Å². The lowest BCUT2D eigenvalue weighted by Gasteiger charge is -2.13. The fourth-order valence-electron chi connectivity index (χ4n) is 2.88. The number of hydrogen-bond acceptors (Lipinski definition) is 2. The highest BCUT2D eigenvalue weighted by molar-refractivity contribution is 5.82. The van der Waals surface area contributed by atoms with Crippen molar-refractivity contribution in [3.63, 3.8) is 0 Å². The van der Waals surface area contributed by atoms with Gasteiger partial charge in [-0.25, -0.2) is 4.98 Å². The molecule has 0 saturated heterocycles. The first-order valence-corrected chi connectivity index (χ1v) is 7.85. The summed E-state index contributed by atoms with van der Waals surface area (Å²) in [6.07, 6.45) is 0. The minimum atomic E-state index is 0.339. The molecule has 0 aliphatic rings. The van der Waals surface area contributed by atoms with Crippen LogP contribution in [0, 0.1) is 0 Å². The van der Waals surface area contributed by atoms with E-state index in [4.69, 9.17) is 10.7 Å². The van der Waals surface area contributed by atoms with Crippen LogP contribution >= 0.6 is 0 Å². The maximum atomic E-state index is 5.94. The van der Waals surface area contributed by atoms with Crippen LogP contribution in [-0.2, 0) is 0 Å². The molecule has 0 spiro atoms. The first-order valence-electron chi connectivity index (χ1n) is 7.85. The number of rotatable bonds is 3. The number of nitrogen functional groups attached to an aromatic ring is 1. The molecule has 22 heavy (non-hydrogen) atoms. The summed E-state index contributed by atoms with van der Waals surface area (Å²) in [6.45, 7) is 8.79. The van der Waals surface area contributed by atoms with Crippen molar-refractivity contribution in [3.05, 3.63) is 48.0 Å². The third-order valence-electron chi connectivity index (χ3n) is 4.04. The lowest BCUT2D eigenvalue weighted by atomic mass is 10.0. The van der Waals surface area contributed by atoms with Crippen LogP contribution in [-0.4, -0.2) is 9.55 Å². The number of benzene rings is 2. The second-order valence-electron chi connectivity index (χ2n) is 6.43. The largest absolute Gasteiger partial charge is 0.399 e. The summed E-state index contributed by atoms with van der Waals surface area (Å²) in [6, 6.07) is 14.9. The summed E-state index contributed by atoms with van der Waals surface area (Å²) in [5.74, 6) is 1.49. The zero-order valence-electron chi connectivity index (χ0n) is 13.7. The van der Waals surface area contributed by atoms with Gasteiger partial charge in [-0.2, -0.15) is 0 Å². The zero-order chi connectivity index (χ0) is 15.9. The summed E-state index contributed by atoms with van der Waals surface area (Å²) < 4.78 is 2.29. The number of nitrogens with zero attached hydrogens (tertiary/aromatic N) is 2. The van der Waals surface area contributed by atoms with Gasteiger partial charge in [0, 0.05) is 17.3 Å². The molecule has 0 bridgehead atoms. The predicted octanol–water partition coefficient (Wildman–Crippen LogP) is 4.99. The first kappa shape index (κ1) is 14.6. The standard InChI is InChI=1S/C19H23N3/c1-12(2)14-8-9-18-17(11-14)21-19(22(18)13(3)4)15-6-5-7-16(20)10-15/h5-13H,20H2,1-4H3. The highest BCUT2D eigenvalue weighted by atomic mass is 15.1. The molecule has 3 rings (SSSR count). The van der Waals surface area contributed by atoms with Gasteiger partial charge in [0.1, 0.15) is 5.82 Å². The smallest absolute Gasteiger partial charge is 0.141 e. The highest BCUT2D eigenvalue weighted by Crippen LogP contribution is 2.30. The maximum Gasteiger partial charge on any atom is 0.141 e. The molecule has 1 heterocycles. The van der Waals surface area contributed by atoms with Gasteiger partial charge in [-0.3, -0.25) is 0 Å². The Labute approximate surface area is 131 Å². The molecule has 0 amide bonds. The van der Waals surface area contributed by atoms with E-state index in [2.05, 4.69) is 56.5 Å². The van der Waals surface area contributed by atoms with Crippen LogP contribution in [0.1, 0.15) is 45.2 Å². The Morgan fingerprint density at radius 2 is 1.77 bits per heavy atom. The molecule has 0 unspecified atom stereocenters. The fourth-order valence-corrected chi connectivity index (χ4v) is 2.88. The molecule has 2 N–H and O–H groups in total. The van der Waals surface area contributed by atoms with E-state index in [9.17, 15) is 0 Å². The van der Waals surface area contributed by atoms with E-state index in [-0.39, 0.29) is 0 Å². The number of imidazole rings is 1. The summed E-state index contributed by atoms with van der Waals surface area (Å²) in [7, 11) is 0. The van der Waals surface area contributed by atoms with Crippen LogP contribution in [0.4, 0.5) is 5.69 Å². The SMILES string of the molecule is CC(C)c1ccc2c(c1)nc(-c1cccc(N)c1)n2C(C)C. The van der Waals surface area contributed by atoms with Gasteiger partial charge in [-0.05, 0) is 49.6 Å². The van der Waals surface area contributed by atoms with Crippen molar-refractivity contribution in [1.29, 1.82) is 0 Å². The number of aromatic nitrogens is 2. The Hall–Kier alpha value is -2.29. The number of nitrogens with two attached hydrogens (primary N) is 1. The molecule has 0 aliphatic carbocycles. The molecular formula is C19H23N3. The van der Waals surface area contributed by atoms with Gasteiger partial charge >= 0.3 is 0 Å². The Morgan fingerprint density at radius 3 is 2.41 bits per heavy atom. The van der Waals surface area contributed by atoms with E-state index in [1.54, 1.807) is 0 Å². The lowest BCUT2D eigenvalue weighted by molar-refractivity contribution is 0.624. The lowest BCUT2D eigenvalue weighted by Crippen LogP contribution is -2.03.